The fraction of sp³-hybridized carbons (Fsp3) is 0.296. The maximum absolute atomic E-state index is 13.1. The number of rotatable bonds is 11. The highest BCUT2D eigenvalue weighted by atomic mass is 16.6. The summed E-state index contributed by atoms with van der Waals surface area (Å²) in [4.78, 5) is 30.7. The van der Waals surface area contributed by atoms with Gasteiger partial charge in [0.25, 0.3) is 5.91 Å². The third kappa shape index (κ3) is 7.74. The van der Waals surface area contributed by atoms with E-state index in [4.69, 9.17) is 14.2 Å². The van der Waals surface area contributed by atoms with Gasteiger partial charge in [-0.1, -0.05) is 37.3 Å². The van der Waals surface area contributed by atoms with E-state index in [0.29, 0.717) is 42.3 Å². The Bertz CT molecular complexity index is 1090. The standard InChI is InChI=1S/C27H31N3O5/c1-4-22(35-27(32)30(3)5-2)19-33-23-13-14-25(34-18-20-10-7-6-8-11-20)24(16-23)26(31)29-21-12-9-15-28-17-21/h6-17,22H,4-5,18-19H2,1-3H3,(H,29,31). The molecule has 0 saturated heterocycles. The number of amides is 2. The lowest BCUT2D eigenvalue weighted by Gasteiger charge is -2.21. The van der Waals surface area contributed by atoms with Crippen LogP contribution < -0.4 is 14.8 Å². The molecule has 1 heterocycles. The molecule has 8 heteroatoms. The Hall–Kier alpha value is -4.07. The van der Waals surface area contributed by atoms with Crippen LogP contribution in [0.15, 0.2) is 73.1 Å². The lowest BCUT2D eigenvalue weighted by atomic mass is 10.1. The third-order valence-electron chi connectivity index (χ3n) is 5.30. The van der Waals surface area contributed by atoms with E-state index in [1.807, 2.05) is 44.2 Å². The number of nitrogens with zero attached hydrogens (tertiary/aromatic N) is 2. The SMILES string of the molecule is CCC(COc1ccc(OCc2ccccc2)c(C(=O)Nc2cccnc2)c1)OC(=O)N(C)CC. The zero-order valence-electron chi connectivity index (χ0n) is 20.3. The smallest absolute Gasteiger partial charge is 0.409 e. The Morgan fingerprint density at radius 1 is 1.03 bits per heavy atom. The molecule has 0 bridgehead atoms. The minimum atomic E-state index is -0.418. The normalized spacial score (nSPS) is 11.3. The molecule has 2 aromatic carbocycles. The minimum absolute atomic E-state index is 0.160. The number of aromatic nitrogens is 1. The van der Waals surface area contributed by atoms with Crippen molar-refractivity contribution < 1.29 is 23.8 Å². The fourth-order valence-corrected chi connectivity index (χ4v) is 3.06. The Morgan fingerprint density at radius 2 is 1.83 bits per heavy atom. The molecular weight excluding hydrogens is 446 g/mol. The summed E-state index contributed by atoms with van der Waals surface area (Å²) in [5, 5.41) is 2.83. The Labute approximate surface area is 205 Å². The maximum atomic E-state index is 13.1. The van der Waals surface area contributed by atoms with Crippen LogP contribution in [0.25, 0.3) is 0 Å². The second-order valence-corrected chi connectivity index (χ2v) is 7.87. The molecule has 1 atom stereocenters. The molecule has 0 spiro atoms. The van der Waals surface area contributed by atoms with E-state index in [9.17, 15) is 9.59 Å². The van der Waals surface area contributed by atoms with Crippen LogP contribution in [0.4, 0.5) is 10.5 Å². The van der Waals surface area contributed by atoms with Gasteiger partial charge in [0.1, 0.15) is 30.8 Å². The van der Waals surface area contributed by atoms with E-state index in [1.54, 1.807) is 49.8 Å². The highest BCUT2D eigenvalue weighted by molar-refractivity contribution is 6.06. The molecule has 3 aromatic rings. The van der Waals surface area contributed by atoms with Gasteiger partial charge >= 0.3 is 6.09 Å². The van der Waals surface area contributed by atoms with E-state index in [-0.39, 0.29) is 12.5 Å². The van der Waals surface area contributed by atoms with Gasteiger partial charge in [-0.3, -0.25) is 9.78 Å². The number of anilines is 1. The van der Waals surface area contributed by atoms with Crippen molar-refractivity contribution in [3.8, 4) is 11.5 Å². The van der Waals surface area contributed by atoms with Crippen molar-refractivity contribution in [1.82, 2.24) is 9.88 Å². The zero-order chi connectivity index (χ0) is 25.0. The van der Waals surface area contributed by atoms with Crippen LogP contribution in [0, 0.1) is 0 Å². The average Bonchev–Trinajstić information content (AvgIpc) is 2.90. The summed E-state index contributed by atoms with van der Waals surface area (Å²) in [7, 11) is 1.68. The van der Waals surface area contributed by atoms with Crippen LogP contribution in [-0.4, -0.2) is 48.2 Å². The van der Waals surface area contributed by atoms with Gasteiger partial charge in [0.15, 0.2) is 0 Å². The molecule has 0 fully saturated rings. The summed E-state index contributed by atoms with van der Waals surface area (Å²) in [6.45, 7) is 4.81. The number of hydrogen-bond donors (Lipinski definition) is 1. The molecule has 1 N–H and O–H groups in total. The van der Waals surface area contributed by atoms with Gasteiger partial charge in [-0.05, 0) is 49.2 Å². The van der Waals surface area contributed by atoms with Gasteiger partial charge in [-0.15, -0.1) is 0 Å². The summed E-state index contributed by atoms with van der Waals surface area (Å²) in [6.07, 6.45) is 2.97. The molecule has 0 aliphatic heterocycles. The molecule has 1 unspecified atom stereocenters. The van der Waals surface area contributed by atoms with E-state index in [1.165, 1.54) is 4.90 Å². The monoisotopic (exact) mass is 477 g/mol. The number of ether oxygens (including phenoxy) is 3. The van der Waals surface area contributed by atoms with Gasteiger partial charge in [-0.25, -0.2) is 4.79 Å². The van der Waals surface area contributed by atoms with Crippen LogP contribution in [0.1, 0.15) is 36.2 Å². The largest absolute Gasteiger partial charge is 0.490 e. The molecule has 0 aliphatic rings. The van der Waals surface area contributed by atoms with E-state index >= 15 is 0 Å². The number of benzene rings is 2. The summed E-state index contributed by atoms with van der Waals surface area (Å²) in [6, 6.07) is 18.3. The molecule has 3 rings (SSSR count). The van der Waals surface area contributed by atoms with Crippen molar-refractivity contribution in [2.45, 2.75) is 33.0 Å². The average molecular weight is 478 g/mol. The highest BCUT2D eigenvalue weighted by Crippen LogP contribution is 2.27. The number of pyridine rings is 1. The van der Waals surface area contributed by atoms with Crippen molar-refractivity contribution in [2.75, 3.05) is 25.5 Å². The first kappa shape index (κ1) is 25.6. The molecule has 0 radical (unpaired) electrons. The summed E-state index contributed by atoms with van der Waals surface area (Å²) in [5.41, 5.74) is 1.87. The lowest BCUT2D eigenvalue weighted by Crippen LogP contribution is -2.33. The number of hydrogen-bond acceptors (Lipinski definition) is 6. The Balaban J connectivity index is 1.75. The number of carbonyl (C=O) groups is 2. The number of nitrogens with one attached hydrogen (secondary N) is 1. The molecule has 184 valence electrons. The van der Waals surface area contributed by atoms with Crippen LogP contribution in [0.5, 0.6) is 11.5 Å². The minimum Gasteiger partial charge on any atom is -0.490 e. The van der Waals surface area contributed by atoms with Crippen LogP contribution >= 0.6 is 0 Å². The topological polar surface area (TPSA) is 90.0 Å². The zero-order valence-corrected chi connectivity index (χ0v) is 20.3. The van der Waals surface area contributed by atoms with Crippen molar-refractivity contribution in [3.05, 3.63) is 84.2 Å². The quantitative estimate of drug-likeness (QED) is 0.410. The lowest BCUT2D eigenvalue weighted by molar-refractivity contribution is 0.0429. The predicted molar refractivity (Wildman–Crippen MR) is 134 cm³/mol. The molecule has 1 aromatic heterocycles. The molecule has 0 saturated carbocycles. The third-order valence-corrected chi connectivity index (χ3v) is 5.30. The van der Waals surface area contributed by atoms with Gasteiger partial charge in [-0.2, -0.15) is 0 Å². The van der Waals surface area contributed by atoms with E-state index in [0.717, 1.165) is 5.56 Å². The molecule has 8 nitrogen and oxygen atoms in total. The second-order valence-electron chi connectivity index (χ2n) is 7.87. The molecule has 0 aliphatic carbocycles. The fourth-order valence-electron chi connectivity index (χ4n) is 3.06. The van der Waals surface area contributed by atoms with Crippen LogP contribution in [0.2, 0.25) is 0 Å². The van der Waals surface area contributed by atoms with E-state index < -0.39 is 12.2 Å². The van der Waals surface area contributed by atoms with Crippen LogP contribution in [0.3, 0.4) is 0 Å². The first-order valence-electron chi connectivity index (χ1n) is 11.6. The summed E-state index contributed by atoms with van der Waals surface area (Å²) < 4.78 is 17.3. The van der Waals surface area contributed by atoms with Crippen molar-refractivity contribution in [1.29, 1.82) is 0 Å². The van der Waals surface area contributed by atoms with Gasteiger partial charge < -0.3 is 24.4 Å². The molecule has 35 heavy (non-hydrogen) atoms. The second kappa shape index (κ2) is 13.0. The van der Waals surface area contributed by atoms with Gasteiger partial charge in [0, 0.05) is 19.8 Å². The molecule has 2 amide bonds. The first-order chi connectivity index (χ1) is 17.0. The first-order valence-corrected chi connectivity index (χ1v) is 11.6. The van der Waals surface area contributed by atoms with E-state index in [2.05, 4.69) is 10.3 Å². The molecular formula is C27H31N3O5. The van der Waals surface area contributed by atoms with Gasteiger partial charge in [0.2, 0.25) is 0 Å². The predicted octanol–water partition coefficient (Wildman–Crippen LogP) is 5.16. The summed E-state index contributed by atoms with van der Waals surface area (Å²) >= 11 is 0. The highest BCUT2D eigenvalue weighted by Gasteiger charge is 2.18. The van der Waals surface area contributed by atoms with Crippen molar-refractivity contribution in [3.63, 3.8) is 0 Å². The van der Waals surface area contributed by atoms with Gasteiger partial charge in [0.05, 0.1) is 17.4 Å². The summed E-state index contributed by atoms with van der Waals surface area (Å²) in [5.74, 6) is 0.534. The Morgan fingerprint density at radius 3 is 2.51 bits per heavy atom. The van der Waals surface area contributed by atoms with Crippen LogP contribution in [-0.2, 0) is 11.3 Å². The van der Waals surface area contributed by atoms with Crippen molar-refractivity contribution in [2.24, 2.45) is 0 Å². The number of carbonyl (C=O) groups excluding carboxylic acids is 2. The maximum Gasteiger partial charge on any atom is 0.409 e. The Kier molecular flexibility index (Phi) is 9.48. The van der Waals surface area contributed by atoms with Crippen molar-refractivity contribution >= 4 is 17.7 Å².